The number of rotatable bonds is 8. The van der Waals surface area contributed by atoms with Crippen molar-refractivity contribution in [3.05, 3.63) is 52.6 Å². The van der Waals surface area contributed by atoms with Crippen LogP contribution in [0.4, 0.5) is 11.6 Å². The van der Waals surface area contributed by atoms with Crippen LogP contribution < -0.4 is 24.3 Å². The lowest BCUT2D eigenvalue weighted by atomic mass is 10.1. The monoisotopic (exact) mass is 557 g/mol. The molecular formula is C25H28BrN5O5. The minimum absolute atomic E-state index is 0.0698. The highest BCUT2D eigenvalue weighted by Gasteiger charge is 2.24. The molecule has 1 amide bonds. The number of carbonyl (C=O) groups excluding carboxylic acids is 1. The van der Waals surface area contributed by atoms with Gasteiger partial charge in [0.1, 0.15) is 5.75 Å². The summed E-state index contributed by atoms with van der Waals surface area (Å²) in [7, 11) is 6.69. The quantitative estimate of drug-likeness (QED) is 0.437. The molecule has 0 spiro atoms. The van der Waals surface area contributed by atoms with E-state index in [1.807, 2.05) is 17.0 Å². The first kappa shape index (κ1) is 25.5. The van der Waals surface area contributed by atoms with E-state index >= 15 is 0 Å². The molecule has 1 saturated heterocycles. The van der Waals surface area contributed by atoms with Gasteiger partial charge in [0.2, 0.25) is 17.6 Å². The van der Waals surface area contributed by atoms with E-state index in [1.54, 1.807) is 51.8 Å². The minimum atomic E-state index is -0.0698. The van der Waals surface area contributed by atoms with Gasteiger partial charge in [0, 0.05) is 44.0 Å². The number of amides is 1. The van der Waals surface area contributed by atoms with E-state index in [1.165, 1.54) is 0 Å². The second-order valence-electron chi connectivity index (χ2n) is 8.08. The number of anilines is 2. The number of halogens is 1. The molecule has 1 N–H and O–H groups in total. The predicted molar refractivity (Wildman–Crippen MR) is 139 cm³/mol. The van der Waals surface area contributed by atoms with Crippen LogP contribution in [0, 0.1) is 0 Å². The van der Waals surface area contributed by atoms with Crippen LogP contribution in [0.15, 0.2) is 47.1 Å². The van der Waals surface area contributed by atoms with Crippen molar-refractivity contribution in [2.45, 2.75) is 0 Å². The molecule has 0 unspecified atom stereocenters. The number of nitrogens with zero attached hydrogens (tertiary/aromatic N) is 4. The molecule has 1 aliphatic heterocycles. The Labute approximate surface area is 218 Å². The fraction of sp³-hybridized carbons (Fsp3) is 0.320. The number of methoxy groups -OCH3 is 3. The SMILES string of the molecule is COc1cc(Nc2ncc(Br)c(Oc3ccccc3C(=O)N3CCN(C)CC3)n2)cc(OC)c1OC. The second-order valence-corrected chi connectivity index (χ2v) is 8.93. The van der Waals surface area contributed by atoms with E-state index in [4.69, 9.17) is 18.9 Å². The van der Waals surface area contributed by atoms with Crippen molar-refractivity contribution >= 4 is 33.5 Å². The minimum Gasteiger partial charge on any atom is -0.493 e. The van der Waals surface area contributed by atoms with Crippen molar-refractivity contribution in [3.8, 4) is 28.9 Å². The Balaban J connectivity index is 1.58. The topological polar surface area (TPSA) is 98.3 Å². The Hall–Kier alpha value is -3.57. The summed E-state index contributed by atoms with van der Waals surface area (Å²) in [4.78, 5) is 26.1. The van der Waals surface area contributed by atoms with Gasteiger partial charge in [0.15, 0.2) is 11.5 Å². The van der Waals surface area contributed by atoms with E-state index in [2.05, 4.69) is 43.2 Å². The van der Waals surface area contributed by atoms with Crippen LogP contribution in [-0.2, 0) is 0 Å². The summed E-state index contributed by atoms with van der Waals surface area (Å²) in [5.41, 5.74) is 1.11. The standard InChI is InChI=1S/C25H28BrN5O5/c1-30-9-11-31(12-10-30)24(32)17-7-5-6-8-19(17)36-23-18(26)15-27-25(29-23)28-16-13-20(33-2)22(35-4)21(14-16)34-3/h5-8,13-15H,9-12H2,1-4H3,(H,27,28,29). The van der Waals surface area contributed by atoms with Gasteiger partial charge in [-0.2, -0.15) is 4.98 Å². The van der Waals surface area contributed by atoms with Gasteiger partial charge in [0.25, 0.3) is 5.91 Å². The first-order valence-corrected chi connectivity index (χ1v) is 12.1. The van der Waals surface area contributed by atoms with Gasteiger partial charge < -0.3 is 34.1 Å². The van der Waals surface area contributed by atoms with Crippen molar-refractivity contribution in [2.24, 2.45) is 0 Å². The summed E-state index contributed by atoms with van der Waals surface area (Å²) in [5.74, 6) is 2.35. The summed E-state index contributed by atoms with van der Waals surface area (Å²) < 4.78 is 22.9. The molecule has 36 heavy (non-hydrogen) atoms. The van der Waals surface area contributed by atoms with Crippen LogP contribution in [0.3, 0.4) is 0 Å². The van der Waals surface area contributed by atoms with Crippen molar-refractivity contribution in [1.82, 2.24) is 19.8 Å². The molecule has 11 heteroatoms. The largest absolute Gasteiger partial charge is 0.493 e. The van der Waals surface area contributed by atoms with E-state index in [9.17, 15) is 4.79 Å². The molecule has 2 heterocycles. The molecule has 0 saturated carbocycles. The molecule has 190 valence electrons. The zero-order valence-electron chi connectivity index (χ0n) is 20.6. The number of hydrogen-bond acceptors (Lipinski definition) is 9. The first-order chi connectivity index (χ1) is 17.4. The Kier molecular flexibility index (Phi) is 8.11. The summed E-state index contributed by atoms with van der Waals surface area (Å²) in [6.45, 7) is 3.01. The maximum atomic E-state index is 13.2. The van der Waals surface area contributed by atoms with Crippen LogP contribution in [0.1, 0.15) is 10.4 Å². The normalized spacial score (nSPS) is 13.8. The van der Waals surface area contributed by atoms with E-state index in [0.29, 0.717) is 51.8 Å². The van der Waals surface area contributed by atoms with Crippen LogP contribution in [0.25, 0.3) is 0 Å². The first-order valence-electron chi connectivity index (χ1n) is 11.3. The van der Waals surface area contributed by atoms with Gasteiger partial charge >= 0.3 is 0 Å². The Morgan fingerprint density at radius 1 is 0.972 bits per heavy atom. The molecule has 10 nitrogen and oxygen atoms in total. The third-order valence-electron chi connectivity index (χ3n) is 5.75. The summed E-state index contributed by atoms with van der Waals surface area (Å²) in [5, 5.41) is 3.13. The smallest absolute Gasteiger partial charge is 0.257 e. The second kappa shape index (κ2) is 11.4. The third kappa shape index (κ3) is 5.63. The average Bonchev–Trinajstić information content (AvgIpc) is 2.90. The molecule has 0 radical (unpaired) electrons. The van der Waals surface area contributed by atoms with E-state index in [-0.39, 0.29) is 17.7 Å². The maximum absolute atomic E-state index is 13.2. The lowest BCUT2D eigenvalue weighted by Crippen LogP contribution is -2.47. The highest BCUT2D eigenvalue weighted by Crippen LogP contribution is 2.40. The Morgan fingerprint density at radius 2 is 1.64 bits per heavy atom. The zero-order valence-corrected chi connectivity index (χ0v) is 22.2. The fourth-order valence-corrected chi connectivity index (χ4v) is 4.05. The number of ether oxygens (including phenoxy) is 4. The number of likely N-dealkylation sites (N-methyl/N-ethyl adjacent to an activating group) is 1. The average molecular weight is 558 g/mol. The van der Waals surface area contributed by atoms with Crippen LogP contribution >= 0.6 is 15.9 Å². The van der Waals surface area contributed by atoms with Gasteiger partial charge in [-0.15, -0.1) is 0 Å². The lowest BCUT2D eigenvalue weighted by molar-refractivity contribution is 0.0661. The van der Waals surface area contributed by atoms with E-state index in [0.717, 1.165) is 13.1 Å². The molecule has 3 aromatic rings. The van der Waals surface area contributed by atoms with Crippen LogP contribution in [-0.4, -0.2) is 80.2 Å². The number of para-hydroxylation sites is 1. The van der Waals surface area contributed by atoms with Crippen LogP contribution in [0.5, 0.6) is 28.9 Å². The third-order valence-corrected chi connectivity index (χ3v) is 6.29. The number of aromatic nitrogens is 2. The van der Waals surface area contributed by atoms with Gasteiger partial charge in [-0.1, -0.05) is 12.1 Å². The number of piperazine rings is 1. The van der Waals surface area contributed by atoms with Gasteiger partial charge in [-0.05, 0) is 35.1 Å². The number of benzene rings is 2. The summed E-state index contributed by atoms with van der Waals surface area (Å²) in [6, 6.07) is 10.7. The maximum Gasteiger partial charge on any atom is 0.257 e. The fourth-order valence-electron chi connectivity index (χ4n) is 3.78. The van der Waals surface area contributed by atoms with Gasteiger partial charge in [-0.3, -0.25) is 4.79 Å². The zero-order chi connectivity index (χ0) is 25.7. The van der Waals surface area contributed by atoms with E-state index < -0.39 is 0 Å². The molecule has 1 aromatic heterocycles. The number of carbonyl (C=O) groups is 1. The Bertz CT molecular complexity index is 1210. The molecule has 4 rings (SSSR count). The molecule has 0 atom stereocenters. The highest BCUT2D eigenvalue weighted by molar-refractivity contribution is 9.10. The van der Waals surface area contributed by atoms with Crippen molar-refractivity contribution in [3.63, 3.8) is 0 Å². The molecular weight excluding hydrogens is 530 g/mol. The van der Waals surface area contributed by atoms with Gasteiger partial charge in [-0.25, -0.2) is 4.98 Å². The number of nitrogens with one attached hydrogen (secondary N) is 1. The molecule has 0 aliphatic carbocycles. The van der Waals surface area contributed by atoms with Crippen LogP contribution in [0.2, 0.25) is 0 Å². The van der Waals surface area contributed by atoms with Gasteiger partial charge in [0.05, 0.1) is 37.6 Å². The summed E-state index contributed by atoms with van der Waals surface area (Å²) >= 11 is 3.45. The number of hydrogen-bond donors (Lipinski definition) is 1. The summed E-state index contributed by atoms with van der Waals surface area (Å²) in [6.07, 6.45) is 1.58. The predicted octanol–water partition coefficient (Wildman–Crippen LogP) is 4.19. The molecule has 1 aliphatic rings. The van der Waals surface area contributed by atoms with Crippen molar-refractivity contribution < 1.29 is 23.7 Å². The molecule has 1 fully saturated rings. The Morgan fingerprint density at radius 3 is 2.28 bits per heavy atom. The molecule has 0 bridgehead atoms. The van der Waals surface area contributed by atoms with Crippen molar-refractivity contribution in [1.29, 1.82) is 0 Å². The lowest BCUT2D eigenvalue weighted by Gasteiger charge is -2.32. The highest BCUT2D eigenvalue weighted by atomic mass is 79.9. The van der Waals surface area contributed by atoms with Crippen molar-refractivity contribution in [2.75, 3.05) is 59.9 Å². The molecule has 2 aromatic carbocycles.